The van der Waals surface area contributed by atoms with Crippen LogP contribution in [0.4, 0.5) is 0 Å². The third-order valence-electron chi connectivity index (χ3n) is 4.11. The average molecular weight is 267 g/mol. The van der Waals surface area contributed by atoms with Gasteiger partial charge in [0.15, 0.2) is 0 Å². The van der Waals surface area contributed by atoms with Crippen LogP contribution in [0, 0.1) is 0 Å². The van der Waals surface area contributed by atoms with Crippen LogP contribution in [0.3, 0.4) is 0 Å². The molecule has 1 aliphatic rings. The lowest BCUT2D eigenvalue weighted by Gasteiger charge is -2.43. The first-order chi connectivity index (χ1) is 8.58. The molecule has 4 heteroatoms. The molecule has 2 heterocycles. The maximum absolute atomic E-state index is 4.59. The van der Waals surface area contributed by atoms with E-state index in [0.29, 0.717) is 6.04 Å². The molecule has 3 nitrogen and oxygen atoms in total. The number of nitrogens with one attached hydrogen (secondary N) is 1. The van der Waals surface area contributed by atoms with Gasteiger partial charge in [0.05, 0.1) is 6.04 Å². The number of aromatic nitrogens is 1. The van der Waals surface area contributed by atoms with Gasteiger partial charge in [0.25, 0.3) is 0 Å². The fourth-order valence-electron chi connectivity index (χ4n) is 2.49. The Kier molecular flexibility index (Phi) is 4.41. The second kappa shape index (κ2) is 5.68. The van der Waals surface area contributed by atoms with Crippen molar-refractivity contribution in [3.05, 3.63) is 16.1 Å². The van der Waals surface area contributed by atoms with E-state index in [-0.39, 0.29) is 5.54 Å². The number of piperazine rings is 1. The molecule has 1 N–H and O–H groups in total. The zero-order valence-electron chi connectivity index (χ0n) is 12.0. The minimum atomic E-state index is 0.261. The first-order valence-corrected chi connectivity index (χ1v) is 7.83. The van der Waals surface area contributed by atoms with Gasteiger partial charge in [-0.2, -0.15) is 0 Å². The van der Waals surface area contributed by atoms with E-state index >= 15 is 0 Å². The number of hydrogen-bond acceptors (Lipinski definition) is 4. The van der Waals surface area contributed by atoms with E-state index in [2.05, 4.69) is 42.9 Å². The monoisotopic (exact) mass is 267 g/mol. The van der Waals surface area contributed by atoms with Crippen LogP contribution in [0.5, 0.6) is 0 Å². The van der Waals surface area contributed by atoms with E-state index in [1.165, 1.54) is 16.3 Å². The Morgan fingerprint density at radius 3 is 2.94 bits per heavy atom. The lowest BCUT2D eigenvalue weighted by Crippen LogP contribution is -2.58. The highest BCUT2D eigenvalue weighted by Gasteiger charge is 2.32. The number of aryl methyl sites for hydroxylation is 1. The molecule has 0 radical (unpaired) electrons. The molecule has 2 atom stereocenters. The Balaban J connectivity index is 2.06. The van der Waals surface area contributed by atoms with Gasteiger partial charge in [-0.3, -0.25) is 4.90 Å². The second-order valence-electron chi connectivity index (χ2n) is 5.51. The molecular weight excluding hydrogens is 242 g/mol. The fourth-order valence-corrected chi connectivity index (χ4v) is 3.43. The summed E-state index contributed by atoms with van der Waals surface area (Å²) in [5, 5.41) is 4.91. The van der Waals surface area contributed by atoms with Crippen molar-refractivity contribution in [1.82, 2.24) is 15.2 Å². The van der Waals surface area contributed by atoms with Crippen LogP contribution >= 0.6 is 11.3 Å². The topological polar surface area (TPSA) is 28.2 Å². The Morgan fingerprint density at radius 2 is 2.33 bits per heavy atom. The van der Waals surface area contributed by atoms with Crippen LogP contribution in [-0.2, 0) is 6.42 Å². The molecular formula is C14H25N3S. The Labute approximate surface area is 115 Å². The highest BCUT2D eigenvalue weighted by atomic mass is 32.1. The summed E-state index contributed by atoms with van der Waals surface area (Å²) in [5.41, 5.74) is 0.261. The van der Waals surface area contributed by atoms with Gasteiger partial charge in [-0.1, -0.05) is 13.8 Å². The number of thiazole rings is 1. The van der Waals surface area contributed by atoms with Crippen molar-refractivity contribution in [2.75, 3.05) is 19.6 Å². The van der Waals surface area contributed by atoms with Crippen LogP contribution in [0.1, 0.15) is 50.0 Å². The van der Waals surface area contributed by atoms with Crippen LogP contribution in [0.2, 0.25) is 0 Å². The van der Waals surface area contributed by atoms with E-state index in [1.54, 1.807) is 0 Å². The molecule has 1 aliphatic heterocycles. The van der Waals surface area contributed by atoms with Crippen molar-refractivity contribution < 1.29 is 0 Å². The summed E-state index contributed by atoms with van der Waals surface area (Å²) in [5.74, 6) is 0. The Morgan fingerprint density at radius 1 is 1.56 bits per heavy atom. The zero-order valence-corrected chi connectivity index (χ0v) is 12.8. The molecule has 0 amide bonds. The molecule has 2 rings (SSSR count). The van der Waals surface area contributed by atoms with Gasteiger partial charge in [0.2, 0.25) is 0 Å². The zero-order chi connectivity index (χ0) is 13.2. The first-order valence-electron chi connectivity index (χ1n) is 7.01. The summed E-state index contributed by atoms with van der Waals surface area (Å²) in [6.45, 7) is 12.4. The molecule has 1 fully saturated rings. The summed E-state index contributed by atoms with van der Waals surface area (Å²) in [6.07, 6.45) is 4.31. The highest BCUT2D eigenvalue weighted by molar-refractivity contribution is 7.11. The lowest BCUT2D eigenvalue weighted by molar-refractivity contribution is 0.105. The molecule has 0 aliphatic carbocycles. The van der Waals surface area contributed by atoms with Crippen molar-refractivity contribution in [2.24, 2.45) is 0 Å². The number of hydrogen-bond donors (Lipinski definition) is 1. The molecule has 1 aromatic rings. The summed E-state index contributed by atoms with van der Waals surface area (Å²) >= 11 is 1.87. The van der Waals surface area contributed by atoms with E-state index in [4.69, 9.17) is 0 Å². The maximum Gasteiger partial charge on any atom is 0.110 e. The summed E-state index contributed by atoms with van der Waals surface area (Å²) in [6, 6.07) is 0.447. The molecule has 1 saturated heterocycles. The molecule has 18 heavy (non-hydrogen) atoms. The van der Waals surface area contributed by atoms with E-state index in [1.807, 2.05) is 17.5 Å². The van der Waals surface area contributed by atoms with E-state index < -0.39 is 0 Å². The molecule has 0 aromatic carbocycles. The Bertz CT molecular complexity index is 390. The minimum absolute atomic E-state index is 0.261. The van der Waals surface area contributed by atoms with Gasteiger partial charge >= 0.3 is 0 Å². The molecule has 2 unspecified atom stereocenters. The number of nitrogens with zero attached hydrogens (tertiary/aromatic N) is 2. The van der Waals surface area contributed by atoms with Gasteiger partial charge in [0, 0.05) is 36.2 Å². The van der Waals surface area contributed by atoms with Gasteiger partial charge in [0.1, 0.15) is 5.01 Å². The quantitative estimate of drug-likeness (QED) is 0.909. The minimum Gasteiger partial charge on any atom is -0.309 e. The van der Waals surface area contributed by atoms with E-state index in [9.17, 15) is 0 Å². The van der Waals surface area contributed by atoms with Crippen LogP contribution in [0.25, 0.3) is 0 Å². The van der Waals surface area contributed by atoms with Crippen LogP contribution in [0.15, 0.2) is 6.20 Å². The van der Waals surface area contributed by atoms with Crippen molar-refractivity contribution in [3.8, 4) is 0 Å². The Hall–Kier alpha value is -0.450. The molecule has 1 aromatic heterocycles. The normalized spacial score (nSPS) is 27.3. The van der Waals surface area contributed by atoms with E-state index in [0.717, 1.165) is 26.1 Å². The third-order valence-corrected chi connectivity index (χ3v) is 5.42. The third kappa shape index (κ3) is 2.92. The molecule has 0 spiro atoms. The molecule has 0 bridgehead atoms. The highest BCUT2D eigenvalue weighted by Crippen LogP contribution is 2.28. The maximum atomic E-state index is 4.59. The molecule has 102 valence electrons. The average Bonchev–Trinajstić information content (AvgIpc) is 2.86. The largest absolute Gasteiger partial charge is 0.309 e. The van der Waals surface area contributed by atoms with Crippen molar-refractivity contribution in [3.63, 3.8) is 0 Å². The lowest BCUT2D eigenvalue weighted by atomic mass is 9.95. The van der Waals surface area contributed by atoms with Crippen molar-refractivity contribution in [1.29, 1.82) is 0 Å². The summed E-state index contributed by atoms with van der Waals surface area (Å²) in [7, 11) is 0. The smallest absolute Gasteiger partial charge is 0.110 e. The number of rotatable bonds is 4. The SMILES string of the molecule is CCc1cnc(C(C)N2CCNC(C)(CC)C2)s1. The predicted octanol–water partition coefficient (Wildman–Crippen LogP) is 2.84. The van der Waals surface area contributed by atoms with Crippen LogP contribution in [-0.4, -0.2) is 35.1 Å². The standard InChI is InChI=1S/C14H25N3S/c1-5-12-9-15-13(18-12)11(3)17-8-7-16-14(4,6-2)10-17/h9,11,16H,5-8,10H2,1-4H3. The van der Waals surface area contributed by atoms with Crippen molar-refractivity contribution in [2.45, 2.75) is 52.1 Å². The first kappa shape index (κ1) is 14.0. The van der Waals surface area contributed by atoms with Gasteiger partial charge < -0.3 is 5.32 Å². The second-order valence-corrected chi connectivity index (χ2v) is 6.65. The summed E-state index contributed by atoms with van der Waals surface area (Å²) < 4.78 is 0. The van der Waals surface area contributed by atoms with Gasteiger partial charge in [-0.25, -0.2) is 4.98 Å². The van der Waals surface area contributed by atoms with Gasteiger partial charge in [-0.05, 0) is 26.7 Å². The fraction of sp³-hybridized carbons (Fsp3) is 0.786. The predicted molar refractivity (Wildman–Crippen MR) is 78.2 cm³/mol. The van der Waals surface area contributed by atoms with Crippen LogP contribution < -0.4 is 5.32 Å². The molecule has 0 saturated carbocycles. The van der Waals surface area contributed by atoms with Crippen molar-refractivity contribution >= 4 is 11.3 Å². The van der Waals surface area contributed by atoms with Gasteiger partial charge in [-0.15, -0.1) is 11.3 Å². The summed E-state index contributed by atoms with van der Waals surface area (Å²) in [4.78, 5) is 8.55.